The van der Waals surface area contributed by atoms with Crippen LogP contribution in [0.5, 0.6) is 0 Å². The van der Waals surface area contributed by atoms with Gasteiger partial charge in [0, 0.05) is 24.6 Å². The van der Waals surface area contributed by atoms with Crippen LogP contribution in [0.2, 0.25) is 0 Å². The minimum atomic E-state index is -0.00893. The third kappa shape index (κ3) is 2.27. The van der Waals surface area contributed by atoms with Gasteiger partial charge in [-0.2, -0.15) is 0 Å². The van der Waals surface area contributed by atoms with Crippen LogP contribution in [-0.4, -0.2) is 9.55 Å². The van der Waals surface area contributed by atoms with Crippen molar-refractivity contribution < 1.29 is 0 Å². The smallest absolute Gasteiger partial charge is 0.262 e. The van der Waals surface area contributed by atoms with Gasteiger partial charge in [-0.1, -0.05) is 40.2 Å². The van der Waals surface area contributed by atoms with Crippen LogP contribution >= 0.6 is 15.9 Å². The summed E-state index contributed by atoms with van der Waals surface area (Å²) in [5.74, 6) is 0.726. The van der Waals surface area contributed by atoms with Crippen LogP contribution in [0.1, 0.15) is 16.7 Å². The Labute approximate surface area is 142 Å². The summed E-state index contributed by atoms with van der Waals surface area (Å²) in [5, 5.41) is 0.653. The third-order valence-electron chi connectivity index (χ3n) is 4.44. The highest BCUT2D eigenvalue weighted by Gasteiger charge is 2.23. The SMILES string of the molecule is Cc1cc(Br)cc2c(=O)n(C)c(N3Cc4ccccc4C3)nc12. The number of rotatable bonds is 1. The largest absolute Gasteiger partial charge is 0.333 e. The molecule has 1 aliphatic rings. The molecule has 0 aliphatic carbocycles. The van der Waals surface area contributed by atoms with Gasteiger partial charge in [-0.25, -0.2) is 4.98 Å². The Morgan fingerprint density at radius 2 is 1.78 bits per heavy atom. The van der Waals surface area contributed by atoms with Crippen molar-refractivity contribution >= 4 is 32.8 Å². The third-order valence-corrected chi connectivity index (χ3v) is 4.89. The second-order valence-corrected chi connectivity index (χ2v) is 6.94. The summed E-state index contributed by atoms with van der Waals surface area (Å²) in [6.07, 6.45) is 0. The quantitative estimate of drug-likeness (QED) is 0.658. The molecule has 23 heavy (non-hydrogen) atoms. The first kappa shape index (κ1) is 14.5. The summed E-state index contributed by atoms with van der Waals surface area (Å²) in [6.45, 7) is 3.57. The maximum Gasteiger partial charge on any atom is 0.262 e. The van der Waals surface area contributed by atoms with E-state index in [1.54, 1.807) is 11.6 Å². The van der Waals surface area contributed by atoms with E-state index < -0.39 is 0 Å². The van der Waals surface area contributed by atoms with E-state index in [9.17, 15) is 4.79 Å². The fourth-order valence-electron chi connectivity index (χ4n) is 3.25. The van der Waals surface area contributed by atoms with E-state index in [-0.39, 0.29) is 5.56 Å². The monoisotopic (exact) mass is 369 g/mol. The van der Waals surface area contributed by atoms with Gasteiger partial charge in [0.1, 0.15) is 0 Å². The minimum Gasteiger partial charge on any atom is -0.333 e. The zero-order valence-corrected chi connectivity index (χ0v) is 14.6. The molecule has 0 atom stereocenters. The lowest BCUT2D eigenvalue weighted by molar-refractivity contribution is 0.745. The molecule has 1 aliphatic heterocycles. The Bertz CT molecular complexity index is 968. The van der Waals surface area contributed by atoms with Gasteiger partial charge in [-0.15, -0.1) is 0 Å². The van der Waals surface area contributed by atoms with Crippen LogP contribution in [-0.2, 0) is 20.1 Å². The van der Waals surface area contributed by atoms with E-state index in [1.165, 1.54) is 11.1 Å². The van der Waals surface area contributed by atoms with Crippen molar-refractivity contribution in [3.63, 3.8) is 0 Å². The van der Waals surface area contributed by atoms with Crippen molar-refractivity contribution in [3.8, 4) is 0 Å². The fraction of sp³-hybridized carbons (Fsp3) is 0.222. The number of hydrogen-bond donors (Lipinski definition) is 0. The highest BCUT2D eigenvalue weighted by atomic mass is 79.9. The highest BCUT2D eigenvalue weighted by Crippen LogP contribution is 2.28. The van der Waals surface area contributed by atoms with Crippen molar-refractivity contribution in [1.82, 2.24) is 9.55 Å². The Morgan fingerprint density at radius 3 is 2.43 bits per heavy atom. The molecule has 3 aromatic rings. The molecule has 4 rings (SSSR count). The maximum absolute atomic E-state index is 12.8. The molecule has 4 nitrogen and oxygen atoms in total. The number of nitrogens with zero attached hydrogens (tertiary/aromatic N) is 3. The van der Waals surface area contributed by atoms with Crippen LogP contribution in [0.3, 0.4) is 0 Å². The summed E-state index contributed by atoms with van der Waals surface area (Å²) in [6, 6.07) is 12.2. The lowest BCUT2D eigenvalue weighted by atomic mass is 10.1. The van der Waals surface area contributed by atoms with Gasteiger partial charge in [0.25, 0.3) is 5.56 Å². The molecular weight excluding hydrogens is 354 g/mol. The molecule has 0 fully saturated rings. The van der Waals surface area contributed by atoms with E-state index in [1.807, 2.05) is 19.1 Å². The average molecular weight is 370 g/mol. The van der Waals surface area contributed by atoms with E-state index in [2.05, 4.69) is 45.1 Å². The number of hydrogen-bond acceptors (Lipinski definition) is 3. The average Bonchev–Trinajstić information content (AvgIpc) is 2.95. The first-order valence-electron chi connectivity index (χ1n) is 7.53. The number of anilines is 1. The summed E-state index contributed by atoms with van der Waals surface area (Å²) >= 11 is 3.46. The zero-order chi connectivity index (χ0) is 16.1. The second-order valence-electron chi connectivity index (χ2n) is 6.02. The minimum absolute atomic E-state index is 0.00893. The van der Waals surface area contributed by atoms with Crippen LogP contribution in [0.4, 0.5) is 5.95 Å². The van der Waals surface area contributed by atoms with E-state index in [0.29, 0.717) is 5.39 Å². The second kappa shape index (κ2) is 5.20. The molecule has 0 saturated heterocycles. The van der Waals surface area contributed by atoms with Crippen LogP contribution in [0, 0.1) is 6.92 Å². The topological polar surface area (TPSA) is 38.1 Å². The lowest BCUT2D eigenvalue weighted by Crippen LogP contribution is -2.28. The van der Waals surface area contributed by atoms with Crippen molar-refractivity contribution in [2.75, 3.05) is 4.90 Å². The first-order valence-corrected chi connectivity index (χ1v) is 8.32. The molecule has 0 radical (unpaired) electrons. The maximum atomic E-state index is 12.8. The van der Waals surface area contributed by atoms with E-state index in [0.717, 1.165) is 34.6 Å². The Morgan fingerprint density at radius 1 is 1.13 bits per heavy atom. The number of aryl methyl sites for hydroxylation is 1. The molecule has 0 spiro atoms. The molecule has 5 heteroatoms. The summed E-state index contributed by atoms with van der Waals surface area (Å²) in [4.78, 5) is 19.7. The van der Waals surface area contributed by atoms with Gasteiger partial charge in [0.05, 0.1) is 10.9 Å². The van der Waals surface area contributed by atoms with Crippen molar-refractivity contribution in [3.05, 3.63) is 67.9 Å². The fourth-order valence-corrected chi connectivity index (χ4v) is 3.82. The molecule has 116 valence electrons. The lowest BCUT2D eigenvalue weighted by Gasteiger charge is -2.20. The van der Waals surface area contributed by atoms with E-state index in [4.69, 9.17) is 4.98 Å². The van der Waals surface area contributed by atoms with Gasteiger partial charge in [0.2, 0.25) is 5.95 Å². The van der Waals surface area contributed by atoms with Crippen molar-refractivity contribution in [2.24, 2.45) is 7.05 Å². The standard InChI is InChI=1S/C18H16BrN3O/c1-11-7-14(19)8-15-16(11)20-18(21(2)17(15)23)22-9-12-5-3-4-6-13(12)10-22/h3-8H,9-10H2,1-2H3. The van der Waals surface area contributed by atoms with Gasteiger partial charge < -0.3 is 4.90 Å². The van der Waals surface area contributed by atoms with Gasteiger partial charge in [-0.3, -0.25) is 9.36 Å². The molecule has 2 aromatic carbocycles. The molecule has 0 N–H and O–H groups in total. The summed E-state index contributed by atoms with van der Waals surface area (Å²) in [7, 11) is 1.79. The van der Waals surface area contributed by atoms with Crippen molar-refractivity contribution in [2.45, 2.75) is 20.0 Å². The molecule has 2 heterocycles. The van der Waals surface area contributed by atoms with Crippen LogP contribution in [0.15, 0.2) is 45.7 Å². The Kier molecular flexibility index (Phi) is 3.27. The van der Waals surface area contributed by atoms with Gasteiger partial charge >= 0.3 is 0 Å². The number of aromatic nitrogens is 2. The number of fused-ring (bicyclic) bond motifs is 2. The van der Waals surface area contributed by atoms with Crippen LogP contribution < -0.4 is 10.5 Å². The summed E-state index contributed by atoms with van der Waals surface area (Å²) < 4.78 is 2.56. The number of benzene rings is 2. The zero-order valence-electron chi connectivity index (χ0n) is 13.0. The first-order chi connectivity index (χ1) is 11.0. The molecule has 0 amide bonds. The van der Waals surface area contributed by atoms with Gasteiger partial charge in [-0.05, 0) is 35.7 Å². The molecular formula is C18H16BrN3O. The molecule has 0 bridgehead atoms. The molecule has 0 saturated carbocycles. The highest BCUT2D eigenvalue weighted by molar-refractivity contribution is 9.10. The summed E-state index contributed by atoms with van der Waals surface area (Å²) in [5.41, 5.74) is 4.38. The number of halogens is 1. The van der Waals surface area contributed by atoms with E-state index >= 15 is 0 Å². The molecule has 1 aromatic heterocycles. The van der Waals surface area contributed by atoms with Crippen molar-refractivity contribution in [1.29, 1.82) is 0 Å². The Hall–Kier alpha value is -2.14. The predicted octanol–water partition coefficient (Wildman–Crippen LogP) is 3.52. The Balaban J connectivity index is 1.89. The predicted molar refractivity (Wildman–Crippen MR) is 95.8 cm³/mol. The molecule has 0 unspecified atom stereocenters. The normalized spacial score (nSPS) is 13.6. The van der Waals surface area contributed by atoms with Crippen LogP contribution in [0.25, 0.3) is 10.9 Å². The van der Waals surface area contributed by atoms with Gasteiger partial charge in [0.15, 0.2) is 0 Å².